The smallest absolute Gasteiger partial charge is 0.260 e. The predicted octanol–water partition coefficient (Wildman–Crippen LogP) is 0.545. The minimum Gasteiger partial charge on any atom is -0.286 e. The summed E-state index contributed by atoms with van der Waals surface area (Å²) in [4.78, 5) is 10.9. The van der Waals surface area contributed by atoms with Gasteiger partial charge < -0.3 is 0 Å². The molecule has 0 aliphatic heterocycles. The third kappa shape index (κ3) is 3.25. The van der Waals surface area contributed by atoms with E-state index in [4.69, 9.17) is 0 Å². The average molecular weight is 142 g/mol. The number of amides is 1. The molecule has 0 spiro atoms. The Morgan fingerprint density at radius 1 is 1.60 bits per heavy atom. The first-order chi connectivity index (χ1) is 4.57. The van der Waals surface area contributed by atoms with E-state index >= 15 is 0 Å². The van der Waals surface area contributed by atoms with Gasteiger partial charge in [-0.1, -0.05) is 13.5 Å². The van der Waals surface area contributed by atoms with Crippen LogP contribution in [0.1, 0.15) is 13.3 Å². The van der Waals surface area contributed by atoms with Crippen molar-refractivity contribution in [3.63, 3.8) is 0 Å². The van der Waals surface area contributed by atoms with Gasteiger partial charge >= 0.3 is 0 Å². The molecule has 0 atom stereocenters. The van der Waals surface area contributed by atoms with Gasteiger partial charge in [0, 0.05) is 19.7 Å². The number of hydrazine groups is 1. The monoisotopic (exact) mass is 142 g/mol. The lowest BCUT2D eigenvalue weighted by Gasteiger charge is -2.11. The summed E-state index contributed by atoms with van der Waals surface area (Å²) < 4.78 is 0. The van der Waals surface area contributed by atoms with Gasteiger partial charge in [-0.2, -0.15) is 0 Å². The maximum atomic E-state index is 10.9. The van der Waals surface area contributed by atoms with Crippen molar-refractivity contribution in [2.45, 2.75) is 13.3 Å². The SMILES string of the molecule is C=C(CC)C(=O)NN(C)C. The maximum Gasteiger partial charge on any atom is 0.260 e. The van der Waals surface area contributed by atoms with Crippen molar-refractivity contribution in [3.8, 4) is 0 Å². The van der Waals surface area contributed by atoms with Crippen molar-refractivity contribution in [2.24, 2.45) is 0 Å². The van der Waals surface area contributed by atoms with Gasteiger partial charge in [-0.05, 0) is 6.42 Å². The second-order valence-corrected chi connectivity index (χ2v) is 2.29. The van der Waals surface area contributed by atoms with Crippen molar-refractivity contribution in [1.29, 1.82) is 0 Å². The maximum absolute atomic E-state index is 10.9. The summed E-state index contributed by atoms with van der Waals surface area (Å²) in [7, 11) is 3.53. The molecular weight excluding hydrogens is 128 g/mol. The fourth-order valence-electron chi connectivity index (χ4n) is 0.443. The molecular formula is C7H14N2O. The molecule has 1 N–H and O–H groups in total. The van der Waals surface area contributed by atoms with E-state index in [1.165, 1.54) is 0 Å². The molecule has 58 valence electrons. The zero-order valence-corrected chi connectivity index (χ0v) is 6.77. The van der Waals surface area contributed by atoms with E-state index in [2.05, 4.69) is 12.0 Å². The molecule has 0 heterocycles. The first kappa shape index (κ1) is 9.17. The van der Waals surface area contributed by atoms with Crippen molar-refractivity contribution in [1.82, 2.24) is 10.4 Å². The Hall–Kier alpha value is -0.830. The van der Waals surface area contributed by atoms with Crippen LogP contribution < -0.4 is 5.43 Å². The molecule has 0 aromatic carbocycles. The normalized spacial score (nSPS) is 9.60. The van der Waals surface area contributed by atoms with Crippen LogP contribution in [0.3, 0.4) is 0 Å². The van der Waals surface area contributed by atoms with Crippen molar-refractivity contribution in [3.05, 3.63) is 12.2 Å². The van der Waals surface area contributed by atoms with Gasteiger partial charge in [0.25, 0.3) is 5.91 Å². The van der Waals surface area contributed by atoms with Crippen LogP contribution in [0.5, 0.6) is 0 Å². The molecule has 10 heavy (non-hydrogen) atoms. The second-order valence-electron chi connectivity index (χ2n) is 2.29. The van der Waals surface area contributed by atoms with Gasteiger partial charge in [0.15, 0.2) is 0 Å². The van der Waals surface area contributed by atoms with Crippen molar-refractivity contribution in [2.75, 3.05) is 14.1 Å². The van der Waals surface area contributed by atoms with Crippen LogP contribution in [0, 0.1) is 0 Å². The summed E-state index contributed by atoms with van der Waals surface area (Å²) in [5, 5.41) is 1.60. The van der Waals surface area contributed by atoms with E-state index in [9.17, 15) is 4.79 Å². The lowest BCUT2D eigenvalue weighted by molar-refractivity contribution is -0.121. The molecule has 0 unspecified atom stereocenters. The van der Waals surface area contributed by atoms with Gasteiger partial charge in [0.2, 0.25) is 0 Å². The fourth-order valence-corrected chi connectivity index (χ4v) is 0.443. The van der Waals surface area contributed by atoms with Crippen molar-refractivity contribution < 1.29 is 4.79 Å². The number of carbonyl (C=O) groups excluding carboxylic acids is 1. The Kier molecular flexibility index (Phi) is 3.72. The predicted molar refractivity (Wildman–Crippen MR) is 41.3 cm³/mol. The third-order valence-electron chi connectivity index (χ3n) is 1.07. The van der Waals surface area contributed by atoms with Crippen LogP contribution in [-0.4, -0.2) is 25.0 Å². The summed E-state index contributed by atoms with van der Waals surface area (Å²) >= 11 is 0. The third-order valence-corrected chi connectivity index (χ3v) is 1.07. The number of nitrogens with one attached hydrogen (secondary N) is 1. The van der Waals surface area contributed by atoms with E-state index in [1.54, 1.807) is 19.1 Å². The molecule has 0 aromatic heterocycles. The quantitative estimate of drug-likeness (QED) is 0.461. The van der Waals surface area contributed by atoms with Crippen LogP contribution in [0.15, 0.2) is 12.2 Å². The highest BCUT2D eigenvalue weighted by molar-refractivity contribution is 5.92. The summed E-state index contributed by atoms with van der Waals surface area (Å²) in [6, 6.07) is 0. The van der Waals surface area contributed by atoms with Gasteiger partial charge in [0.1, 0.15) is 0 Å². The lowest BCUT2D eigenvalue weighted by atomic mass is 10.2. The molecule has 0 saturated heterocycles. The highest BCUT2D eigenvalue weighted by atomic mass is 16.2. The minimum atomic E-state index is -0.104. The van der Waals surface area contributed by atoms with E-state index in [-0.39, 0.29) is 5.91 Å². The van der Waals surface area contributed by atoms with Crippen LogP contribution in [0.25, 0.3) is 0 Å². The van der Waals surface area contributed by atoms with E-state index in [0.717, 1.165) is 0 Å². The number of hydrogen-bond donors (Lipinski definition) is 1. The van der Waals surface area contributed by atoms with Crippen molar-refractivity contribution >= 4 is 5.91 Å². The highest BCUT2D eigenvalue weighted by Crippen LogP contribution is 1.94. The molecule has 0 saturated carbocycles. The van der Waals surface area contributed by atoms with E-state index in [1.807, 2.05) is 6.92 Å². The molecule has 0 radical (unpaired) electrons. The molecule has 0 fully saturated rings. The Balaban J connectivity index is 3.74. The second kappa shape index (κ2) is 4.06. The number of carbonyl (C=O) groups is 1. The van der Waals surface area contributed by atoms with Gasteiger partial charge in [-0.25, -0.2) is 5.01 Å². The standard InChI is InChI=1S/C7H14N2O/c1-5-6(2)7(10)8-9(3)4/h2,5H2,1,3-4H3,(H,8,10). The van der Waals surface area contributed by atoms with Gasteiger partial charge in [-0.15, -0.1) is 0 Å². The Morgan fingerprint density at radius 3 is 2.40 bits per heavy atom. The molecule has 3 heteroatoms. The molecule has 3 nitrogen and oxygen atoms in total. The molecule has 0 aromatic rings. The Morgan fingerprint density at radius 2 is 2.10 bits per heavy atom. The largest absolute Gasteiger partial charge is 0.286 e. The zero-order chi connectivity index (χ0) is 8.15. The summed E-state index contributed by atoms with van der Waals surface area (Å²) in [6.07, 6.45) is 0.694. The fraction of sp³-hybridized carbons (Fsp3) is 0.571. The number of rotatable bonds is 3. The lowest BCUT2D eigenvalue weighted by Crippen LogP contribution is -2.36. The molecule has 0 bridgehead atoms. The molecule has 0 aliphatic rings. The summed E-state index contributed by atoms with van der Waals surface area (Å²) in [6.45, 7) is 5.49. The van der Waals surface area contributed by atoms with Crippen LogP contribution >= 0.6 is 0 Å². The average Bonchev–Trinajstić information content (AvgIpc) is 1.85. The van der Waals surface area contributed by atoms with Gasteiger partial charge in [-0.3, -0.25) is 10.2 Å². The van der Waals surface area contributed by atoms with Crippen LogP contribution in [0.2, 0.25) is 0 Å². The first-order valence-electron chi connectivity index (χ1n) is 3.24. The van der Waals surface area contributed by atoms with Gasteiger partial charge in [0.05, 0.1) is 0 Å². The molecule has 0 aliphatic carbocycles. The topological polar surface area (TPSA) is 32.3 Å². The van der Waals surface area contributed by atoms with E-state index < -0.39 is 0 Å². The molecule has 0 rings (SSSR count). The minimum absolute atomic E-state index is 0.104. The molecule has 1 amide bonds. The van der Waals surface area contributed by atoms with Crippen LogP contribution in [0.4, 0.5) is 0 Å². The zero-order valence-electron chi connectivity index (χ0n) is 6.77. The Bertz CT molecular complexity index is 141. The number of nitrogens with zero attached hydrogens (tertiary/aromatic N) is 1. The van der Waals surface area contributed by atoms with E-state index in [0.29, 0.717) is 12.0 Å². The Labute approximate surface area is 61.7 Å². The number of hydrogen-bond acceptors (Lipinski definition) is 2. The highest BCUT2D eigenvalue weighted by Gasteiger charge is 2.03. The summed E-state index contributed by atoms with van der Waals surface area (Å²) in [5.41, 5.74) is 3.19. The first-order valence-corrected chi connectivity index (χ1v) is 3.24. The summed E-state index contributed by atoms with van der Waals surface area (Å²) in [5.74, 6) is -0.104. The van der Waals surface area contributed by atoms with Crippen LogP contribution in [-0.2, 0) is 4.79 Å².